The molecule has 1 amide bonds. The van der Waals surface area contributed by atoms with Crippen LogP contribution in [0.3, 0.4) is 0 Å². The second-order valence-electron chi connectivity index (χ2n) is 2.78. The van der Waals surface area contributed by atoms with Crippen LogP contribution < -0.4 is 9.44 Å². The summed E-state index contributed by atoms with van der Waals surface area (Å²) in [5, 5.41) is 0. The molecule has 0 radical (unpaired) electrons. The number of carbonyl (C=O) groups excluding carboxylic acids is 1. The highest BCUT2D eigenvalue weighted by Crippen LogP contribution is 1.91. The Hall–Kier alpha value is -0.880. The maximum absolute atomic E-state index is 11.1. The number of hydrogen-bond donors (Lipinski definition) is 2. The molecular weight excluding hydrogens is 204 g/mol. The summed E-state index contributed by atoms with van der Waals surface area (Å²) in [5.41, 5.74) is 0. The van der Waals surface area contributed by atoms with E-state index in [-0.39, 0.29) is 0 Å². The molecule has 0 aliphatic carbocycles. The van der Waals surface area contributed by atoms with Crippen molar-refractivity contribution in [3.8, 4) is 0 Å². The first kappa shape index (κ1) is 13.1. The second kappa shape index (κ2) is 6.56. The first-order valence-corrected chi connectivity index (χ1v) is 5.94. The molecule has 0 aromatic rings. The fourth-order valence-electron chi connectivity index (χ4n) is 0.792. The van der Waals surface area contributed by atoms with Gasteiger partial charge in [-0.25, -0.2) is 4.72 Å². The van der Waals surface area contributed by atoms with Crippen LogP contribution in [0.25, 0.3) is 0 Å². The molecule has 82 valence electrons. The van der Waals surface area contributed by atoms with Gasteiger partial charge in [-0.15, -0.1) is 0 Å². The molecule has 0 aliphatic heterocycles. The van der Waals surface area contributed by atoms with Crippen LogP contribution in [-0.4, -0.2) is 20.9 Å². The van der Waals surface area contributed by atoms with Gasteiger partial charge in [0.15, 0.2) is 0 Å². The molecular formula is C8H16N2O3S. The highest BCUT2D eigenvalue weighted by molar-refractivity contribution is 7.88. The minimum atomic E-state index is -3.69. The van der Waals surface area contributed by atoms with Gasteiger partial charge >= 0.3 is 10.2 Å². The van der Waals surface area contributed by atoms with Gasteiger partial charge in [0.2, 0.25) is 0 Å². The lowest BCUT2D eigenvalue weighted by molar-refractivity contribution is -0.114. The normalized spacial score (nSPS) is 10.9. The van der Waals surface area contributed by atoms with E-state index in [9.17, 15) is 13.2 Å². The summed E-state index contributed by atoms with van der Waals surface area (Å²) in [7, 11) is -3.69. The SMILES string of the molecule is C=CC(=O)NS(=O)(=O)NCCCCC. The van der Waals surface area contributed by atoms with Crippen LogP contribution in [0.15, 0.2) is 12.7 Å². The molecule has 0 heterocycles. The highest BCUT2D eigenvalue weighted by atomic mass is 32.2. The minimum absolute atomic E-state index is 0.341. The summed E-state index contributed by atoms with van der Waals surface area (Å²) >= 11 is 0. The molecule has 0 fully saturated rings. The van der Waals surface area contributed by atoms with Crippen LogP contribution in [0.5, 0.6) is 0 Å². The maximum Gasteiger partial charge on any atom is 0.301 e. The van der Waals surface area contributed by atoms with Gasteiger partial charge in [0.1, 0.15) is 0 Å². The van der Waals surface area contributed by atoms with Gasteiger partial charge in [-0.3, -0.25) is 4.79 Å². The zero-order valence-corrected chi connectivity index (χ0v) is 9.06. The van der Waals surface area contributed by atoms with Crippen LogP contribution in [0.1, 0.15) is 26.2 Å². The summed E-state index contributed by atoms with van der Waals surface area (Å²) in [6, 6.07) is 0. The number of rotatable bonds is 7. The lowest BCUT2D eigenvalue weighted by atomic mass is 10.3. The molecule has 6 heteroatoms. The van der Waals surface area contributed by atoms with Crippen molar-refractivity contribution in [2.24, 2.45) is 0 Å². The van der Waals surface area contributed by atoms with Gasteiger partial charge in [0.25, 0.3) is 5.91 Å². The molecule has 0 aliphatic rings. The van der Waals surface area contributed by atoms with Crippen molar-refractivity contribution < 1.29 is 13.2 Å². The smallest absolute Gasteiger partial charge is 0.269 e. The number of hydrogen-bond acceptors (Lipinski definition) is 3. The zero-order valence-electron chi connectivity index (χ0n) is 8.25. The van der Waals surface area contributed by atoms with E-state index in [1.165, 1.54) is 0 Å². The summed E-state index contributed by atoms with van der Waals surface area (Å²) in [4.78, 5) is 10.7. The van der Waals surface area contributed by atoms with Crippen LogP contribution >= 0.6 is 0 Å². The summed E-state index contributed by atoms with van der Waals surface area (Å²) < 4.78 is 26.2. The zero-order chi connectivity index (χ0) is 11.0. The van der Waals surface area contributed by atoms with E-state index in [2.05, 4.69) is 11.3 Å². The first-order chi connectivity index (χ1) is 6.52. The summed E-state index contributed by atoms with van der Waals surface area (Å²) in [5.74, 6) is -0.729. The van der Waals surface area contributed by atoms with Gasteiger partial charge in [0, 0.05) is 6.54 Å². The van der Waals surface area contributed by atoms with Gasteiger partial charge in [-0.05, 0) is 12.5 Å². The minimum Gasteiger partial charge on any atom is -0.269 e. The van der Waals surface area contributed by atoms with E-state index < -0.39 is 16.1 Å². The predicted molar refractivity (Wildman–Crippen MR) is 54.8 cm³/mol. The Bertz CT molecular complexity index is 285. The average Bonchev–Trinajstić information content (AvgIpc) is 2.12. The van der Waals surface area contributed by atoms with E-state index >= 15 is 0 Å². The molecule has 0 aromatic heterocycles. The van der Waals surface area contributed by atoms with E-state index in [1.54, 1.807) is 4.72 Å². The Labute approximate surface area is 84.8 Å². The van der Waals surface area contributed by atoms with Crippen LogP contribution in [0, 0.1) is 0 Å². The van der Waals surface area contributed by atoms with Crippen molar-refractivity contribution in [2.45, 2.75) is 26.2 Å². The third-order valence-electron chi connectivity index (χ3n) is 1.49. The highest BCUT2D eigenvalue weighted by Gasteiger charge is 2.10. The molecule has 14 heavy (non-hydrogen) atoms. The van der Waals surface area contributed by atoms with Gasteiger partial charge in [-0.2, -0.15) is 13.1 Å². The number of carbonyl (C=O) groups is 1. The lowest BCUT2D eigenvalue weighted by Gasteiger charge is -2.05. The van der Waals surface area contributed by atoms with E-state index in [0.717, 1.165) is 25.3 Å². The Kier molecular flexibility index (Phi) is 6.14. The van der Waals surface area contributed by atoms with Crippen molar-refractivity contribution in [3.05, 3.63) is 12.7 Å². The lowest BCUT2D eigenvalue weighted by Crippen LogP contribution is -2.39. The summed E-state index contributed by atoms with van der Waals surface area (Å²) in [6.07, 6.45) is 3.64. The summed E-state index contributed by atoms with van der Waals surface area (Å²) in [6.45, 7) is 5.51. The fourth-order valence-corrected chi connectivity index (χ4v) is 1.63. The quantitative estimate of drug-likeness (QED) is 0.479. The first-order valence-electron chi connectivity index (χ1n) is 4.45. The van der Waals surface area contributed by atoms with Gasteiger partial charge in [-0.1, -0.05) is 26.3 Å². The van der Waals surface area contributed by atoms with Gasteiger partial charge < -0.3 is 0 Å². The van der Waals surface area contributed by atoms with Gasteiger partial charge in [0.05, 0.1) is 0 Å². The molecule has 0 rings (SSSR count). The van der Waals surface area contributed by atoms with Crippen molar-refractivity contribution in [3.63, 3.8) is 0 Å². The molecule has 0 saturated heterocycles. The van der Waals surface area contributed by atoms with E-state index in [1.807, 2.05) is 6.92 Å². The Morgan fingerprint density at radius 2 is 2.07 bits per heavy atom. The molecule has 0 atom stereocenters. The Morgan fingerprint density at radius 3 is 2.57 bits per heavy atom. The Balaban J connectivity index is 3.84. The largest absolute Gasteiger partial charge is 0.301 e. The van der Waals surface area contributed by atoms with Crippen molar-refractivity contribution in [2.75, 3.05) is 6.54 Å². The maximum atomic E-state index is 11.1. The van der Waals surface area contributed by atoms with Crippen LogP contribution in [-0.2, 0) is 15.0 Å². The third-order valence-corrected chi connectivity index (χ3v) is 2.55. The Morgan fingerprint density at radius 1 is 1.43 bits per heavy atom. The molecule has 0 aromatic carbocycles. The van der Waals surface area contributed by atoms with E-state index in [4.69, 9.17) is 0 Å². The number of unbranched alkanes of at least 4 members (excludes halogenated alkanes) is 2. The van der Waals surface area contributed by atoms with Crippen LogP contribution in [0.2, 0.25) is 0 Å². The molecule has 0 saturated carbocycles. The second-order valence-corrected chi connectivity index (χ2v) is 4.27. The number of amides is 1. The monoisotopic (exact) mass is 220 g/mol. The third kappa shape index (κ3) is 6.62. The predicted octanol–water partition coefficient (Wildman–Crippen LogP) is 0.313. The number of nitrogens with one attached hydrogen (secondary N) is 2. The molecule has 0 bridgehead atoms. The topological polar surface area (TPSA) is 75.3 Å². The average molecular weight is 220 g/mol. The standard InChI is InChI=1S/C8H16N2O3S/c1-3-5-6-7-9-14(12,13)10-8(11)4-2/h4,9H,2-3,5-7H2,1H3,(H,10,11). The van der Waals surface area contributed by atoms with E-state index in [0.29, 0.717) is 6.54 Å². The molecule has 0 spiro atoms. The van der Waals surface area contributed by atoms with Crippen molar-refractivity contribution in [1.29, 1.82) is 0 Å². The molecule has 2 N–H and O–H groups in total. The van der Waals surface area contributed by atoms with Crippen molar-refractivity contribution >= 4 is 16.1 Å². The molecule has 0 unspecified atom stereocenters. The van der Waals surface area contributed by atoms with Crippen molar-refractivity contribution in [1.82, 2.24) is 9.44 Å². The molecule has 5 nitrogen and oxygen atoms in total. The van der Waals surface area contributed by atoms with Crippen LogP contribution in [0.4, 0.5) is 0 Å². The fraction of sp³-hybridized carbons (Fsp3) is 0.625.